The summed E-state index contributed by atoms with van der Waals surface area (Å²) in [5, 5.41) is 3.50. The predicted molar refractivity (Wildman–Crippen MR) is 80.2 cm³/mol. The van der Waals surface area contributed by atoms with Crippen LogP contribution in [0.3, 0.4) is 0 Å². The van der Waals surface area contributed by atoms with Crippen LogP contribution in [0.2, 0.25) is 0 Å². The minimum Gasteiger partial charge on any atom is -0.374 e. The van der Waals surface area contributed by atoms with E-state index < -0.39 is 0 Å². The zero-order valence-electron chi connectivity index (χ0n) is 12.4. The molecule has 1 heterocycles. The van der Waals surface area contributed by atoms with Gasteiger partial charge in [-0.1, -0.05) is 19.8 Å². The van der Waals surface area contributed by atoms with Crippen LogP contribution in [0.1, 0.15) is 45.4 Å². The molecule has 0 spiro atoms. The van der Waals surface area contributed by atoms with E-state index in [0.717, 1.165) is 11.7 Å². The Labute approximate surface area is 120 Å². The molecule has 2 rings (SSSR count). The first-order valence-corrected chi connectivity index (χ1v) is 7.40. The van der Waals surface area contributed by atoms with E-state index in [4.69, 9.17) is 10.6 Å². The summed E-state index contributed by atoms with van der Waals surface area (Å²) < 4.78 is 5.36. The molecule has 1 aromatic heterocycles. The molecule has 6 heteroatoms. The fraction of sp³-hybridized carbons (Fsp3) is 0.714. The van der Waals surface area contributed by atoms with Gasteiger partial charge in [-0.2, -0.15) is 0 Å². The van der Waals surface area contributed by atoms with Gasteiger partial charge in [0.25, 0.3) is 0 Å². The van der Waals surface area contributed by atoms with E-state index in [1.54, 1.807) is 0 Å². The molecule has 0 aromatic carbocycles. The molecule has 1 aliphatic carbocycles. The third-order valence-electron chi connectivity index (χ3n) is 3.64. The number of nitrogens with one attached hydrogen (secondary N) is 2. The topological polar surface area (TPSA) is 85.1 Å². The Kier molecular flexibility index (Phi) is 5.55. The fourth-order valence-corrected chi connectivity index (χ4v) is 2.68. The molecular formula is C14H25N5O. The van der Waals surface area contributed by atoms with Crippen LogP contribution in [0, 0.1) is 5.92 Å². The highest BCUT2D eigenvalue weighted by molar-refractivity contribution is 5.47. The van der Waals surface area contributed by atoms with E-state index in [-0.39, 0.29) is 0 Å². The average Bonchev–Trinajstić information content (AvgIpc) is 2.45. The molecule has 1 saturated carbocycles. The molecule has 0 saturated heterocycles. The summed E-state index contributed by atoms with van der Waals surface area (Å²) in [6.07, 6.45) is 4.99. The first kappa shape index (κ1) is 15.0. The van der Waals surface area contributed by atoms with Crippen molar-refractivity contribution in [3.63, 3.8) is 0 Å². The molecule has 2 unspecified atom stereocenters. The van der Waals surface area contributed by atoms with E-state index in [0.29, 0.717) is 30.9 Å². The van der Waals surface area contributed by atoms with Gasteiger partial charge in [-0.05, 0) is 25.7 Å². The zero-order valence-corrected chi connectivity index (χ0v) is 12.4. The van der Waals surface area contributed by atoms with Gasteiger partial charge in [0.2, 0.25) is 0 Å². The van der Waals surface area contributed by atoms with E-state index in [9.17, 15) is 0 Å². The number of anilines is 2. The Bertz CT molecular complexity index is 426. The lowest BCUT2D eigenvalue weighted by Gasteiger charge is -2.28. The summed E-state index contributed by atoms with van der Waals surface area (Å²) >= 11 is 0. The molecule has 2 atom stereocenters. The summed E-state index contributed by atoms with van der Waals surface area (Å²) in [5.41, 5.74) is 2.58. The molecule has 0 bridgehead atoms. The average molecular weight is 279 g/mol. The van der Waals surface area contributed by atoms with Gasteiger partial charge in [-0.3, -0.25) is 0 Å². The number of nitrogen functional groups attached to an aromatic ring is 1. The van der Waals surface area contributed by atoms with Gasteiger partial charge >= 0.3 is 0 Å². The van der Waals surface area contributed by atoms with Crippen molar-refractivity contribution in [1.82, 2.24) is 9.97 Å². The third-order valence-corrected chi connectivity index (χ3v) is 3.64. The van der Waals surface area contributed by atoms with Crippen molar-refractivity contribution >= 4 is 11.6 Å². The van der Waals surface area contributed by atoms with Gasteiger partial charge in [-0.25, -0.2) is 15.8 Å². The van der Waals surface area contributed by atoms with Crippen LogP contribution in [0.4, 0.5) is 11.6 Å². The Balaban J connectivity index is 2.05. The monoisotopic (exact) mass is 279 g/mol. The van der Waals surface area contributed by atoms with Crippen molar-refractivity contribution in [1.29, 1.82) is 0 Å². The summed E-state index contributed by atoms with van der Waals surface area (Å²) in [6, 6.07) is 2.33. The molecule has 0 radical (unpaired) electrons. The van der Waals surface area contributed by atoms with Gasteiger partial charge in [0.05, 0.1) is 0 Å². The van der Waals surface area contributed by atoms with Gasteiger partial charge in [0.15, 0.2) is 5.82 Å². The SMILES string of the molecule is CCOCc1nc(NN)cc(NC2CCCC(C)C2)n1. The molecule has 112 valence electrons. The second-order valence-corrected chi connectivity index (χ2v) is 5.45. The third kappa shape index (κ3) is 4.31. The summed E-state index contributed by atoms with van der Waals surface area (Å²) in [4.78, 5) is 8.78. The standard InChI is InChI=1S/C14H25N5O/c1-3-20-9-14-17-12(8-13(18-14)19-15)16-11-6-4-5-10(2)7-11/h8,10-11H,3-7,9,15H2,1-2H3,(H2,16,17,18,19). The number of aromatic nitrogens is 2. The van der Waals surface area contributed by atoms with Crippen LogP contribution >= 0.6 is 0 Å². The number of hydrazine groups is 1. The highest BCUT2D eigenvalue weighted by Gasteiger charge is 2.19. The second-order valence-electron chi connectivity index (χ2n) is 5.45. The fourth-order valence-electron chi connectivity index (χ4n) is 2.68. The van der Waals surface area contributed by atoms with E-state index in [1.165, 1.54) is 25.7 Å². The number of nitrogens with two attached hydrogens (primary N) is 1. The van der Waals surface area contributed by atoms with E-state index in [1.807, 2.05) is 13.0 Å². The minimum atomic E-state index is 0.405. The van der Waals surface area contributed by atoms with Crippen molar-refractivity contribution in [2.24, 2.45) is 11.8 Å². The van der Waals surface area contributed by atoms with Crippen LogP contribution in [-0.2, 0) is 11.3 Å². The van der Waals surface area contributed by atoms with Gasteiger partial charge < -0.3 is 15.5 Å². The van der Waals surface area contributed by atoms with Crippen LogP contribution in [-0.4, -0.2) is 22.6 Å². The normalized spacial score (nSPS) is 22.6. The molecule has 4 N–H and O–H groups in total. The molecule has 0 aliphatic heterocycles. The lowest BCUT2D eigenvalue weighted by atomic mass is 9.87. The second kappa shape index (κ2) is 7.40. The van der Waals surface area contributed by atoms with E-state index >= 15 is 0 Å². The first-order valence-electron chi connectivity index (χ1n) is 7.40. The van der Waals surface area contributed by atoms with Gasteiger partial charge in [0.1, 0.15) is 18.2 Å². The van der Waals surface area contributed by atoms with Crippen molar-refractivity contribution in [3.8, 4) is 0 Å². The maximum absolute atomic E-state index is 5.46. The lowest BCUT2D eigenvalue weighted by Crippen LogP contribution is -2.27. The maximum Gasteiger partial charge on any atom is 0.158 e. The van der Waals surface area contributed by atoms with Crippen LogP contribution in [0.15, 0.2) is 6.07 Å². The highest BCUT2D eigenvalue weighted by atomic mass is 16.5. The Morgan fingerprint density at radius 2 is 2.15 bits per heavy atom. The molecule has 6 nitrogen and oxygen atoms in total. The summed E-state index contributed by atoms with van der Waals surface area (Å²) in [7, 11) is 0. The number of nitrogens with zero attached hydrogens (tertiary/aromatic N) is 2. The molecule has 1 fully saturated rings. The summed E-state index contributed by atoms with van der Waals surface area (Å²) in [6.45, 7) is 5.31. The molecular weight excluding hydrogens is 254 g/mol. The van der Waals surface area contributed by atoms with Crippen molar-refractivity contribution in [2.75, 3.05) is 17.3 Å². The largest absolute Gasteiger partial charge is 0.374 e. The summed E-state index contributed by atoms with van der Waals surface area (Å²) in [5.74, 6) is 8.32. The highest BCUT2D eigenvalue weighted by Crippen LogP contribution is 2.26. The zero-order chi connectivity index (χ0) is 14.4. The number of ether oxygens (including phenoxy) is 1. The van der Waals surface area contributed by atoms with Gasteiger partial charge in [0, 0.05) is 18.7 Å². The quantitative estimate of drug-likeness (QED) is 0.547. The predicted octanol–water partition coefficient (Wildman–Crippen LogP) is 2.29. The Hall–Kier alpha value is -1.40. The van der Waals surface area contributed by atoms with Crippen molar-refractivity contribution in [3.05, 3.63) is 11.9 Å². The maximum atomic E-state index is 5.46. The Morgan fingerprint density at radius 3 is 2.85 bits per heavy atom. The van der Waals surface area contributed by atoms with Crippen LogP contribution in [0.25, 0.3) is 0 Å². The van der Waals surface area contributed by atoms with Crippen LogP contribution in [0.5, 0.6) is 0 Å². The first-order chi connectivity index (χ1) is 9.71. The number of hydrogen-bond donors (Lipinski definition) is 3. The lowest BCUT2D eigenvalue weighted by molar-refractivity contribution is 0.128. The molecule has 1 aliphatic rings. The molecule has 0 amide bonds. The van der Waals surface area contributed by atoms with E-state index in [2.05, 4.69) is 27.6 Å². The van der Waals surface area contributed by atoms with Crippen molar-refractivity contribution < 1.29 is 4.74 Å². The van der Waals surface area contributed by atoms with Crippen molar-refractivity contribution in [2.45, 2.75) is 52.2 Å². The minimum absolute atomic E-state index is 0.405. The Morgan fingerprint density at radius 1 is 1.35 bits per heavy atom. The smallest absolute Gasteiger partial charge is 0.158 e. The van der Waals surface area contributed by atoms with Crippen LogP contribution < -0.4 is 16.6 Å². The number of rotatable bonds is 6. The number of hydrogen-bond acceptors (Lipinski definition) is 6. The molecule has 20 heavy (non-hydrogen) atoms. The molecule has 1 aromatic rings. The van der Waals surface area contributed by atoms with Gasteiger partial charge in [-0.15, -0.1) is 0 Å².